The number of ether oxygens (including phenoxy) is 1. The van der Waals surface area contributed by atoms with E-state index in [9.17, 15) is 9.90 Å². The van der Waals surface area contributed by atoms with Gasteiger partial charge in [-0.1, -0.05) is 29.3 Å². The highest BCUT2D eigenvalue weighted by Gasteiger charge is 2.07. The fourth-order valence-electron chi connectivity index (χ4n) is 2.01. The van der Waals surface area contributed by atoms with E-state index in [0.717, 1.165) is 28.6 Å². The van der Waals surface area contributed by atoms with Crippen LogP contribution in [0.5, 0.6) is 5.75 Å². The predicted molar refractivity (Wildman–Crippen MR) is 94.8 cm³/mol. The van der Waals surface area contributed by atoms with Crippen LogP contribution >= 0.6 is 15.9 Å². The van der Waals surface area contributed by atoms with Crippen LogP contribution in [0, 0.1) is 0 Å². The number of hydrogen-bond acceptors (Lipinski definition) is 4. The van der Waals surface area contributed by atoms with Crippen molar-refractivity contribution in [2.45, 2.75) is 26.3 Å². The number of anilines is 1. The highest BCUT2D eigenvalue weighted by atomic mass is 79.9. The summed E-state index contributed by atoms with van der Waals surface area (Å²) >= 11 is 3.38. The van der Waals surface area contributed by atoms with Crippen molar-refractivity contribution in [2.75, 3.05) is 11.9 Å². The van der Waals surface area contributed by atoms with E-state index in [1.165, 1.54) is 0 Å². The van der Waals surface area contributed by atoms with E-state index in [1.54, 1.807) is 24.3 Å². The van der Waals surface area contributed by atoms with Gasteiger partial charge in [0, 0.05) is 22.3 Å². The lowest BCUT2D eigenvalue weighted by molar-refractivity contribution is 0.0500. The van der Waals surface area contributed by atoms with Crippen LogP contribution in [-0.4, -0.2) is 17.7 Å². The molecule has 0 amide bonds. The quantitative estimate of drug-likeness (QED) is 0.541. The second kappa shape index (κ2) is 8.58. The van der Waals surface area contributed by atoms with E-state index in [4.69, 9.17) is 4.74 Å². The Kier molecular flexibility index (Phi) is 6.47. The molecule has 0 aliphatic rings. The summed E-state index contributed by atoms with van der Waals surface area (Å²) < 4.78 is 6.08. The Balaban J connectivity index is 1.92. The van der Waals surface area contributed by atoms with Gasteiger partial charge in [-0.3, -0.25) is 0 Å². The van der Waals surface area contributed by atoms with Gasteiger partial charge in [-0.15, -0.1) is 0 Å². The standard InChI is InChI=1S/C18H20BrNO3/c1-2-3-10-23-18(22)13-4-7-16(8-5-13)20-12-14-11-15(19)6-9-17(14)21/h4-9,11,20-21H,2-3,10,12H2,1H3. The van der Waals surface area contributed by atoms with Crippen LogP contribution in [-0.2, 0) is 11.3 Å². The molecule has 5 heteroatoms. The number of benzene rings is 2. The fourth-order valence-corrected chi connectivity index (χ4v) is 2.42. The molecule has 0 radical (unpaired) electrons. The Morgan fingerprint density at radius 2 is 1.96 bits per heavy atom. The Morgan fingerprint density at radius 1 is 1.22 bits per heavy atom. The third-order valence-corrected chi connectivity index (χ3v) is 3.87. The number of hydrogen-bond donors (Lipinski definition) is 2. The molecule has 2 rings (SSSR count). The summed E-state index contributed by atoms with van der Waals surface area (Å²) in [5.74, 6) is -0.0496. The zero-order chi connectivity index (χ0) is 16.7. The molecule has 2 aromatic carbocycles. The number of halogens is 1. The molecule has 2 aromatic rings. The van der Waals surface area contributed by atoms with Crippen molar-refractivity contribution in [3.8, 4) is 5.75 Å². The van der Waals surface area contributed by atoms with Crippen molar-refractivity contribution < 1.29 is 14.6 Å². The van der Waals surface area contributed by atoms with Gasteiger partial charge in [-0.05, 0) is 48.9 Å². The van der Waals surface area contributed by atoms with Crippen molar-refractivity contribution in [3.63, 3.8) is 0 Å². The molecule has 0 unspecified atom stereocenters. The van der Waals surface area contributed by atoms with Gasteiger partial charge in [-0.2, -0.15) is 0 Å². The van der Waals surface area contributed by atoms with E-state index >= 15 is 0 Å². The summed E-state index contributed by atoms with van der Waals surface area (Å²) in [5, 5.41) is 13.0. The monoisotopic (exact) mass is 377 g/mol. The number of unbranched alkanes of at least 4 members (excludes halogenated alkanes) is 1. The zero-order valence-corrected chi connectivity index (χ0v) is 14.6. The molecule has 0 saturated heterocycles. The first-order chi connectivity index (χ1) is 11.1. The second-order valence-electron chi connectivity index (χ2n) is 5.19. The SMILES string of the molecule is CCCCOC(=O)c1ccc(NCc2cc(Br)ccc2O)cc1. The fraction of sp³-hybridized carbons (Fsp3) is 0.278. The van der Waals surface area contributed by atoms with Crippen molar-refractivity contribution in [1.29, 1.82) is 0 Å². The molecule has 0 bridgehead atoms. The van der Waals surface area contributed by atoms with Crippen LogP contribution in [0.1, 0.15) is 35.7 Å². The van der Waals surface area contributed by atoms with Gasteiger partial charge in [-0.25, -0.2) is 4.79 Å². The molecular formula is C18H20BrNO3. The molecule has 4 nitrogen and oxygen atoms in total. The molecule has 2 N–H and O–H groups in total. The van der Waals surface area contributed by atoms with Crippen molar-refractivity contribution in [2.24, 2.45) is 0 Å². The Bertz CT molecular complexity index is 656. The Hall–Kier alpha value is -2.01. The number of rotatable bonds is 7. The minimum atomic E-state index is -0.297. The molecule has 0 spiro atoms. The molecule has 0 aliphatic carbocycles. The highest BCUT2D eigenvalue weighted by molar-refractivity contribution is 9.10. The molecule has 0 aliphatic heterocycles. The molecule has 0 saturated carbocycles. The van der Waals surface area contributed by atoms with Crippen LogP contribution in [0.2, 0.25) is 0 Å². The van der Waals surface area contributed by atoms with E-state index < -0.39 is 0 Å². The van der Waals surface area contributed by atoms with Crippen molar-refractivity contribution in [3.05, 3.63) is 58.1 Å². The smallest absolute Gasteiger partial charge is 0.338 e. The number of aromatic hydroxyl groups is 1. The van der Waals surface area contributed by atoms with Crippen LogP contribution in [0.3, 0.4) is 0 Å². The van der Waals surface area contributed by atoms with E-state index in [0.29, 0.717) is 18.7 Å². The molecule has 122 valence electrons. The lowest BCUT2D eigenvalue weighted by Crippen LogP contribution is -2.06. The maximum atomic E-state index is 11.8. The number of esters is 1. The summed E-state index contributed by atoms with van der Waals surface area (Å²) in [6.45, 7) is 3.00. The summed E-state index contributed by atoms with van der Waals surface area (Å²) in [4.78, 5) is 11.8. The number of carbonyl (C=O) groups is 1. The topological polar surface area (TPSA) is 58.6 Å². The first-order valence-electron chi connectivity index (χ1n) is 7.58. The highest BCUT2D eigenvalue weighted by Crippen LogP contribution is 2.23. The van der Waals surface area contributed by atoms with Gasteiger partial charge >= 0.3 is 5.97 Å². The van der Waals surface area contributed by atoms with E-state index in [1.807, 2.05) is 18.2 Å². The number of phenolic OH excluding ortho intramolecular Hbond substituents is 1. The minimum absolute atomic E-state index is 0.247. The summed E-state index contributed by atoms with van der Waals surface area (Å²) in [6.07, 6.45) is 1.88. The first-order valence-corrected chi connectivity index (χ1v) is 8.38. The molecule has 0 atom stereocenters. The van der Waals surface area contributed by atoms with Crippen LogP contribution in [0.15, 0.2) is 46.9 Å². The average molecular weight is 378 g/mol. The predicted octanol–water partition coefficient (Wildman–Crippen LogP) is 4.72. The summed E-state index contributed by atoms with van der Waals surface area (Å²) in [7, 11) is 0. The molecule has 0 fully saturated rings. The lowest BCUT2D eigenvalue weighted by Gasteiger charge is -2.09. The van der Waals surface area contributed by atoms with Gasteiger partial charge < -0.3 is 15.2 Å². The van der Waals surface area contributed by atoms with Crippen molar-refractivity contribution in [1.82, 2.24) is 0 Å². The zero-order valence-electron chi connectivity index (χ0n) is 13.0. The number of nitrogens with one attached hydrogen (secondary N) is 1. The normalized spacial score (nSPS) is 10.3. The summed E-state index contributed by atoms with van der Waals surface area (Å²) in [5.41, 5.74) is 2.20. The van der Waals surface area contributed by atoms with Gasteiger partial charge in [0.05, 0.1) is 12.2 Å². The van der Waals surface area contributed by atoms with Gasteiger partial charge in [0.2, 0.25) is 0 Å². The van der Waals surface area contributed by atoms with Crippen LogP contribution in [0.25, 0.3) is 0 Å². The van der Waals surface area contributed by atoms with Crippen molar-refractivity contribution >= 4 is 27.6 Å². The maximum absolute atomic E-state index is 11.8. The van der Waals surface area contributed by atoms with E-state index in [2.05, 4.69) is 28.2 Å². The van der Waals surface area contributed by atoms with Gasteiger partial charge in [0.25, 0.3) is 0 Å². The van der Waals surface area contributed by atoms with Crippen LogP contribution in [0.4, 0.5) is 5.69 Å². The van der Waals surface area contributed by atoms with Gasteiger partial charge in [0.1, 0.15) is 5.75 Å². The average Bonchev–Trinajstić information content (AvgIpc) is 2.56. The second-order valence-corrected chi connectivity index (χ2v) is 6.11. The maximum Gasteiger partial charge on any atom is 0.338 e. The third kappa shape index (κ3) is 5.28. The third-order valence-electron chi connectivity index (χ3n) is 3.38. The lowest BCUT2D eigenvalue weighted by atomic mass is 10.2. The van der Waals surface area contributed by atoms with E-state index in [-0.39, 0.29) is 11.7 Å². The van der Waals surface area contributed by atoms with Gasteiger partial charge in [0.15, 0.2) is 0 Å². The Morgan fingerprint density at radius 3 is 2.65 bits per heavy atom. The molecule has 23 heavy (non-hydrogen) atoms. The number of phenols is 1. The summed E-state index contributed by atoms with van der Waals surface area (Å²) in [6, 6.07) is 12.4. The number of carbonyl (C=O) groups excluding carboxylic acids is 1. The Labute approximate surface area is 144 Å². The molecule has 0 heterocycles. The largest absolute Gasteiger partial charge is 0.508 e. The molecule has 0 aromatic heterocycles. The van der Waals surface area contributed by atoms with Crippen LogP contribution < -0.4 is 5.32 Å². The first kappa shape index (κ1) is 17.3. The minimum Gasteiger partial charge on any atom is -0.508 e. The molecular weight excluding hydrogens is 358 g/mol.